The molecule has 7 nitrogen and oxygen atoms in total. The zero-order chi connectivity index (χ0) is 16.1. The summed E-state index contributed by atoms with van der Waals surface area (Å²) in [5.41, 5.74) is 0.904. The molecule has 7 heteroatoms. The lowest BCUT2D eigenvalue weighted by Crippen LogP contribution is -2.31. The van der Waals surface area contributed by atoms with E-state index in [0.29, 0.717) is 5.82 Å². The van der Waals surface area contributed by atoms with Crippen LogP contribution in [0.3, 0.4) is 0 Å². The summed E-state index contributed by atoms with van der Waals surface area (Å²) in [4.78, 5) is 31.1. The van der Waals surface area contributed by atoms with Crippen LogP contribution in [-0.4, -0.2) is 38.9 Å². The molecule has 2 aromatic rings. The fraction of sp³-hybridized carbons (Fsp3) is 0.438. The van der Waals surface area contributed by atoms with E-state index in [1.54, 1.807) is 18.5 Å². The fourth-order valence-corrected chi connectivity index (χ4v) is 2.63. The minimum Gasteiger partial charge on any atom is -0.357 e. The van der Waals surface area contributed by atoms with Gasteiger partial charge in [0, 0.05) is 37.2 Å². The molecule has 0 spiro atoms. The molecule has 1 amide bonds. The van der Waals surface area contributed by atoms with Crippen molar-refractivity contribution >= 4 is 11.7 Å². The topological polar surface area (TPSA) is 83.9 Å². The first-order valence-electron chi connectivity index (χ1n) is 7.87. The number of nitrogens with one attached hydrogen (secondary N) is 1. The molecule has 1 saturated heterocycles. The molecule has 23 heavy (non-hydrogen) atoms. The van der Waals surface area contributed by atoms with Gasteiger partial charge in [-0.2, -0.15) is 0 Å². The number of rotatable bonds is 4. The van der Waals surface area contributed by atoms with Crippen LogP contribution in [0.2, 0.25) is 0 Å². The summed E-state index contributed by atoms with van der Waals surface area (Å²) < 4.78 is 0. The first-order valence-corrected chi connectivity index (χ1v) is 7.87. The molecule has 1 N–H and O–H groups in total. The van der Waals surface area contributed by atoms with E-state index < -0.39 is 0 Å². The zero-order valence-electron chi connectivity index (χ0n) is 13.2. The van der Waals surface area contributed by atoms with E-state index in [0.717, 1.165) is 24.6 Å². The Morgan fingerprint density at radius 1 is 1.17 bits per heavy atom. The Balaban J connectivity index is 1.68. The van der Waals surface area contributed by atoms with Gasteiger partial charge in [-0.1, -0.05) is 0 Å². The first-order chi connectivity index (χ1) is 11.2. The SMILES string of the molecule is Cc1cc(N2CCCCC2)nc(CNC(=O)c2ncccn2)n1. The highest BCUT2D eigenvalue weighted by molar-refractivity contribution is 5.90. The predicted molar refractivity (Wildman–Crippen MR) is 86.0 cm³/mol. The van der Waals surface area contributed by atoms with Crippen molar-refractivity contribution in [3.63, 3.8) is 0 Å². The number of hydrogen-bond donors (Lipinski definition) is 1. The van der Waals surface area contributed by atoms with Crippen LogP contribution in [0.15, 0.2) is 24.5 Å². The van der Waals surface area contributed by atoms with Gasteiger partial charge in [0.25, 0.3) is 5.91 Å². The summed E-state index contributed by atoms with van der Waals surface area (Å²) in [5.74, 6) is 1.37. The summed E-state index contributed by atoms with van der Waals surface area (Å²) in [6.07, 6.45) is 6.75. The maximum absolute atomic E-state index is 12.0. The third-order valence-electron chi connectivity index (χ3n) is 3.74. The molecular weight excluding hydrogens is 292 g/mol. The van der Waals surface area contributed by atoms with E-state index in [1.807, 2.05) is 13.0 Å². The Hall–Kier alpha value is -2.57. The summed E-state index contributed by atoms with van der Waals surface area (Å²) in [6.45, 7) is 4.26. The van der Waals surface area contributed by atoms with Crippen LogP contribution in [0.5, 0.6) is 0 Å². The van der Waals surface area contributed by atoms with Crippen molar-refractivity contribution in [1.82, 2.24) is 25.3 Å². The predicted octanol–water partition coefficient (Wildman–Crippen LogP) is 1.50. The van der Waals surface area contributed by atoms with Crippen molar-refractivity contribution in [1.29, 1.82) is 0 Å². The number of aromatic nitrogens is 4. The molecule has 0 saturated carbocycles. The standard InChI is InChI=1S/C16H20N6O/c1-12-10-14(22-8-3-2-4-9-22)21-13(20-12)11-19-16(23)15-17-6-5-7-18-15/h5-7,10H,2-4,8-9,11H2,1H3,(H,19,23). The molecule has 0 bridgehead atoms. The molecular formula is C16H20N6O. The van der Waals surface area contributed by atoms with E-state index in [1.165, 1.54) is 19.3 Å². The normalized spacial score (nSPS) is 14.6. The number of carbonyl (C=O) groups excluding carboxylic acids is 1. The van der Waals surface area contributed by atoms with Gasteiger partial charge in [0.15, 0.2) is 0 Å². The van der Waals surface area contributed by atoms with Crippen LogP contribution >= 0.6 is 0 Å². The fourth-order valence-electron chi connectivity index (χ4n) is 2.63. The van der Waals surface area contributed by atoms with E-state index in [9.17, 15) is 4.79 Å². The van der Waals surface area contributed by atoms with E-state index >= 15 is 0 Å². The number of carbonyl (C=O) groups is 1. The van der Waals surface area contributed by atoms with Crippen LogP contribution in [0.4, 0.5) is 5.82 Å². The average Bonchev–Trinajstić information content (AvgIpc) is 2.61. The van der Waals surface area contributed by atoms with Gasteiger partial charge >= 0.3 is 0 Å². The van der Waals surface area contributed by atoms with Crippen molar-refractivity contribution < 1.29 is 4.79 Å². The summed E-state index contributed by atoms with van der Waals surface area (Å²) in [5, 5.41) is 2.77. The number of amides is 1. The maximum Gasteiger partial charge on any atom is 0.289 e. The van der Waals surface area contributed by atoms with Crippen molar-refractivity contribution in [2.75, 3.05) is 18.0 Å². The molecule has 1 aliphatic rings. The van der Waals surface area contributed by atoms with E-state index in [4.69, 9.17) is 0 Å². The monoisotopic (exact) mass is 312 g/mol. The smallest absolute Gasteiger partial charge is 0.289 e. The molecule has 1 aliphatic heterocycles. The number of aryl methyl sites for hydroxylation is 1. The number of piperidine rings is 1. The number of nitrogens with zero attached hydrogens (tertiary/aromatic N) is 5. The second kappa shape index (κ2) is 7.13. The Kier molecular flexibility index (Phi) is 4.75. The summed E-state index contributed by atoms with van der Waals surface area (Å²) in [7, 11) is 0. The van der Waals surface area contributed by atoms with Gasteiger partial charge in [0.1, 0.15) is 11.6 Å². The van der Waals surface area contributed by atoms with Crippen LogP contribution in [0.1, 0.15) is 41.4 Å². The number of anilines is 1. The average molecular weight is 312 g/mol. The zero-order valence-corrected chi connectivity index (χ0v) is 13.2. The highest BCUT2D eigenvalue weighted by atomic mass is 16.2. The molecule has 0 unspecified atom stereocenters. The van der Waals surface area contributed by atoms with Crippen LogP contribution in [-0.2, 0) is 6.54 Å². The van der Waals surface area contributed by atoms with Crippen molar-refractivity contribution in [2.24, 2.45) is 0 Å². The maximum atomic E-state index is 12.0. The van der Waals surface area contributed by atoms with Crippen molar-refractivity contribution in [2.45, 2.75) is 32.7 Å². The molecule has 120 valence electrons. The summed E-state index contributed by atoms with van der Waals surface area (Å²) in [6, 6.07) is 3.67. The first kappa shape index (κ1) is 15.3. The Morgan fingerprint density at radius 3 is 2.65 bits per heavy atom. The molecule has 1 fully saturated rings. The van der Waals surface area contributed by atoms with Gasteiger partial charge in [0.2, 0.25) is 5.82 Å². The third-order valence-corrected chi connectivity index (χ3v) is 3.74. The second-order valence-corrected chi connectivity index (χ2v) is 5.59. The van der Waals surface area contributed by atoms with Crippen molar-refractivity contribution in [3.05, 3.63) is 41.9 Å². The van der Waals surface area contributed by atoms with Gasteiger partial charge in [-0.05, 0) is 32.3 Å². The third kappa shape index (κ3) is 4.00. The van der Waals surface area contributed by atoms with Crippen LogP contribution < -0.4 is 10.2 Å². The van der Waals surface area contributed by atoms with Gasteiger partial charge in [-0.25, -0.2) is 19.9 Å². The molecule has 0 aliphatic carbocycles. The quantitative estimate of drug-likeness (QED) is 0.921. The molecule has 0 aromatic carbocycles. The molecule has 3 heterocycles. The summed E-state index contributed by atoms with van der Waals surface area (Å²) >= 11 is 0. The Morgan fingerprint density at radius 2 is 1.91 bits per heavy atom. The molecule has 0 atom stereocenters. The van der Waals surface area contributed by atoms with Gasteiger partial charge in [-0.15, -0.1) is 0 Å². The lowest BCUT2D eigenvalue weighted by Gasteiger charge is -2.28. The van der Waals surface area contributed by atoms with Gasteiger partial charge in [-0.3, -0.25) is 4.79 Å². The van der Waals surface area contributed by atoms with Crippen LogP contribution in [0.25, 0.3) is 0 Å². The van der Waals surface area contributed by atoms with E-state index in [2.05, 4.69) is 30.2 Å². The lowest BCUT2D eigenvalue weighted by molar-refractivity contribution is 0.0939. The Bertz CT molecular complexity index is 670. The minimum absolute atomic E-state index is 0.149. The highest BCUT2D eigenvalue weighted by Crippen LogP contribution is 2.18. The lowest BCUT2D eigenvalue weighted by atomic mass is 10.1. The second-order valence-electron chi connectivity index (χ2n) is 5.59. The number of hydrogen-bond acceptors (Lipinski definition) is 6. The molecule has 2 aromatic heterocycles. The van der Waals surface area contributed by atoms with E-state index in [-0.39, 0.29) is 18.3 Å². The van der Waals surface area contributed by atoms with Crippen LogP contribution in [0, 0.1) is 6.92 Å². The molecule has 3 rings (SSSR count). The Labute approximate surface area is 135 Å². The minimum atomic E-state index is -0.324. The largest absolute Gasteiger partial charge is 0.357 e. The van der Waals surface area contributed by atoms with Gasteiger partial charge in [0.05, 0.1) is 6.54 Å². The van der Waals surface area contributed by atoms with Gasteiger partial charge < -0.3 is 10.2 Å². The van der Waals surface area contributed by atoms with Crippen molar-refractivity contribution in [3.8, 4) is 0 Å². The molecule has 0 radical (unpaired) electrons. The highest BCUT2D eigenvalue weighted by Gasteiger charge is 2.14.